The molecule has 6 heteroatoms. The van der Waals surface area contributed by atoms with Gasteiger partial charge >= 0.3 is 8.60 Å². The number of hydrogen-bond acceptors (Lipinski definition) is 3. The van der Waals surface area contributed by atoms with Crippen LogP contribution in [-0.4, -0.2) is 29.9 Å². The van der Waals surface area contributed by atoms with Crippen LogP contribution in [0.1, 0.15) is 0 Å². The van der Waals surface area contributed by atoms with Crippen molar-refractivity contribution in [2.45, 2.75) is 6.10 Å². The van der Waals surface area contributed by atoms with Crippen molar-refractivity contribution < 1.29 is 13.9 Å². The molecule has 0 heterocycles. The van der Waals surface area contributed by atoms with E-state index in [1.165, 1.54) is 7.11 Å². The van der Waals surface area contributed by atoms with Crippen molar-refractivity contribution in [3.63, 3.8) is 0 Å². The zero-order chi connectivity index (χ0) is 7.98. The lowest BCUT2D eigenvalue weighted by molar-refractivity contribution is 0.188. The number of rotatable bonds is 5. The second kappa shape index (κ2) is 6.59. The van der Waals surface area contributed by atoms with Crippen molar-refractivity contribution in [2.24, 2.45) is 0 Å². The molecule has 0 radical (unpaired) electrons. The molecule has 1 unspecified atom stereocenters. The first-order chi connectivity index (χ1) is 4.74. The average molecular weight is 207 g/mol. The fourth-order valence-corrected chi connectivity index (χ4v) is 1.39. The Morgan fingerprint density at radius 1 is 1.50 bits per heavy atom. The maximum Gasteiger partial charge on any atom is 0.329 e. The standard InChI is InChI=1S/C4H9Cl2O3P/c1-8-10(7)9-4(2-5)3-6/h4,7H,2-3H2,1H3. The minimum Gasteiger partial charge on any atom is -0.328 e. The van der Waals surface area contributed by atoms with Crippen LogP contribution in [0.4, 0.5) is 0 Å². The molecule has 0 amide bonds. The molecule has 1 N–H and O–H groups in total. The van der Waals surface area contributed by atoms with E-state index in [0.717, 1.165) is 0 Å². The van der Waals surface area contributed by atoms with Gasteiger partial charge in [0.15, 0.2) is 0 Å². The van der Waals surface area contributed by atoms with Gasteiger partial charge in [-0.3, -0.25) is 0 Å². The van der Waals surface area contributed by atoms with Crippen molar-refractivity contribution in [3.8, 4) is 0 Å². The summed E-state index contributed by atoms with van der Waals surface area (Å²) in [6, 6.07) is 0. The van der Waals surface area contributed by atoms with Gasteiger partial charge in [0.05, 0.1) is 17.9 Å². The van der Waals surface area contributed by atoms with E-state index >= 15 is 0 Å². The number of alkyl halides is 2. The highest BCUT2D eigenvalue weighted by molar-refractivity contribution is 7.40. The van der Waals surface area contributed by atoms with Crippen LogP contribution in [-0.2, 0) is 9.05 Å². The Bertz CT molecular complexity index is 80.9. The molecule has 0 fully saturated rings. The molecule has 0 aliphatic rings. The van der Waals surface area contributed by atoms with E-state index in [1.54, 1.807) is 0 Å². The van der Waals surface area contributed by atoms with Crippen LogP contribution < -0.4 is 0 Å². The molecule has 3 nitrogen and oxygen atoms in total. The summed E-state index contributed by atoms with van der Waals surface area (Å²) in [6.45, 7) is 0. The van der Waals surface area contributed by atoms with E-state index < -0.39 is 8.60 Å². The second-order valence-electron chi connectivity index (χ2n) is 1.46. The van der Waals surface area contributed by atoms with Gasteiger partial charge in [-0.05, 0) is 0 Å². The molecule has 0 saturated heterocycles. The summed E-state index contributed by atoms with van der Waals surface area (Å²) >= 11 is 10.8. The summed E-state index contributed by atoms with van der Waals surface area (Å²) < 4.78 is 9.30. The molecule has 0 spiro atoms. The molecule has 0 aliphatic heterocycles. The molecular formula is C4H9Cl2O3P. The zero-order valence-corrected chi connectivity index (χ0v) is 7.86. The molecule has 10 heavy (non-hydrogen) atoms. The van der Waals surface area contributed by atoms with Crippen LogP contribution in [0.3, 0.4) is 0 Å². The van der Waals surface area contributed by atoms with Crippen molar-refractivity contribution in [3.05, 3.63) is 0 Å². The number of halogens is 2. The molecule has 0 aliphatic carbocycles. The molecule has 1 atom stereocenters. The van der Waals surface area contributed by atoms with E-state index in [-0.39, 0.29) is 17.9 Å². The van der Waals surface area contributed by atoms with Gasteiger partial charge in [-0.25, -0.2) is 0 Å². The highest BCUT2D eigenvalue weighted by Crippen LogP contribution is 2.33. The minimum absolute atomic E-state index is 0.256. The SMILES string of the molecule is COP(O)OC(CCl)CCl. The molecule has 0 bridgehead atoms. The molecule has 0 rings (SSSR count). The molecular weight excluding hydrogens is 198 g/mol. The fourth-order valence-electron chi connectivity index (χ4n) is 0.268. The first-order valence-electron chi connectivity index (χ1n) is 2.56. The van der Waals surface area contributed by atoms with E-state index in [4.69, 9.17) is 32.6 Å². The van der Waals surface area contributed by atoms with Gasteiger partial charge in [-0.1, -0.05) is 0 Å². The molecule has 62 valence electrons. The van der Waals surface area contributed by atoms with Gasteiger partial charge in [0, 0.05) is 7.11 Å². The lowest BCUT2D eigenvalue weighted by atomic mass is 10.5. The van der Waals surface area contributed by atoms with Crippen LogP contribution >= 0.6 is 31.8 Å². The van der Waals surface area contributed by atoms with Gasteiger partial charge in [0.25, 0.3) is 0 Å². The summed E-state index contributed by atoms with van der Waals surface area (Å²) in [7, 11) is -0.446. The summed E-state index contributed by atoms with van der Waals surface area (Å²) in [5.41, 5.74) is 0. The smallest absolute Gasteiger partial charge is 0.328 e. The van der Waals surface area contributed by atoms with Gasteiger partial charge in [-0.2, -0.15) is 0 Å². The third-order valence-electron chi connectivity index (χ3n) is 0.740. The minimum atomic E-state index is -1.80. The first-order valence-corrected chi connectivity index (χ1v) is 4.76. The van der Waals surface area contributed by atoms with Crippen molar-refractivity contribution in [1.82, 2.24) is 0 Å². The van der Waals surface area contributed by atoms with Crippen LogP contribution in [0.5, 0.6) is 0 Å². The second-order valence-corrected chi connectivity index (χ2v) is 3.13. The fraction of sp³-hybridized carbons (Fsp3) is 1.00. The highest BCUT2D eigenvalue weighted by atomic mass is 35.5. The van der Waals surface area contributed by atoms with Gasteiger partial charge in [0.1, 0.15) is 0 Å². The summed E-state index contributed by atoms with van der Waals surface area (Å²) in [5.74, 6) is 0.512. The van der Waals surface area contributed by atoms with Gasteiger partial charge < -0.3 is 13.9 Å². The highest BCUT2D eigenvalue weighted by Gasteiger charge is 2.12. The van der Waals surface area contributed by atoms with Gasteiger partial charge in [0.2, 0.25) is 0 Å². The predicted molar refractivity (Wildman–Crippen MR) is 42.5 cm³/mol. The Labute approximate surface area is 71.2 Å². The average Bonchev–Trinajstić information content (AvgIpc) is 1.99. The summed E-state index contributed by atoms with van der Waals surface area (Å²) in [5, 5.41) is 0. The monoisotopic (exact) mass is 206 g/mol. The van der Waals surface area contributed by atoms with Crippen LogP contribution in [0.25, 0.3) is 0 Å². The molecule has 0 aromatic carbocycles. The topological polar surface area (TPSA) is 38.7 Å². The van der Waals surface area contributed by atoms with Crippen LogP contribution in [0, 0.1) is 0 Å². The normalized spacial score (nSPS) is 14.1. The lowest BCUT2D eigenvalue weighted by Crippen LogP contribution is -2.13. The van der Waals surface area contributed by atoms with Crippen molar-refractivity contribution in [1.29, 1.82) is 0 Å². The van der Waals surface area contributed by atoms with E-state index in [1.807, 2.05) is 0 Å². The Hall–Kier alpha value is 0.890. The Balaban J connectivity index is 3.41. The van der Waals surface area contributed by atoms with Crippen molar-refractivity contribution in [2.75, 3.05) is 18.9 Å². The van der Waals surface area contributed by atoms with Crippen LogP contribution in [0.15, 0.2) is 0 Å². The van der Waals surface area contributed by atoms with E-state index in [9.17, 15) is 0 Å². The quantitative estimate of drug-likeness (QED) is 0.550. The van der Waals surface area contributed by atoms with Crippen molar-refractivity contribution >= 4 is 31.8 Å². The third kappa shape index (κ3) is 4.67. The lowest BCUT2D eigenvalue weighted by Gasteiger charge is -2.13. The first kappa shape index (κ1) is 10.9. The largest absolute Gasteiger partial charge is 0.329 e. The Morgan fingerprint density at radius 3 is 2.30 bits per heavy atom. The Morgan fingerprint density at radius 2 is 2.00 bits per heavy atom. The van der Waals surface area contributed by atoms with E-state index in [2.05, 4.69) is 4.52 Å². The molecule has 0 saturated carbocycles. The summed E-state index contributed by atoms with van der Waals surface area (Å²) in [6.07, 6.45) is -0.334. The maximum absolute atomic E-state index is 8.79. The summed E-state index contributed by atoms with van der Waals surface area (Å²) in [4.78, 5) is 8.79. The molecule has 0 aromatic rings. The predicted octanol–water partition coefficient (Wildman–Crippen LogP) is 1.71. The third-order valence-corrected chi connectivity index (χ3v) is 2.22. The van der Waals surface area contributed by atoms with E-state index in [0.29, 0.717) is 0 Å². The number of hydrogen-bond donors (Lipinski definition) is 1. The molecule has 0 aromatic heterocycles. The van der Waals surface area contributed by atoms with Gasteiger partial charge in [-0.15, -0.1) is 23.2 Å². The zero-order valence-electron chi connectivity index (χ0n) is 5.46. The maximum atomic E-state index is 8.79. The Kier molecular flexibility index (Phi) is 7.18. The van der Waals surface area contributed by atoms with Crippen LogP contribution in [0.2, 0.25) is 0 Å².